The molecule has 1 aromatic carbocycles. The summed E-state index contributed by atoms with van der Waals surface area (Å²) in [6, 6.07) is 2.80. The molecule has 0 saturated carbocycles. The molecule has 0 aliphatic heterocycles. The Morgan fingerprint density at radius 3 is 2.45 bits per heavy atom. The number of alkyl halides is 3. The lowest BCUT2D eigenvalue weighted by Crippen LogP contribution is -2.36. The fraction of sp³-hybridized carbons (Fsp3) is 0.333. The largest absolute Gasteiger partial charge is 0.416 e. The molecule has 1 amide bonds. The molecule has 1 rings (SSSR count). The number of hydrogen-bond donors (Lipinski definition) is 2. The number of amides is 1. The van der Waals surface area contributed by atoms with E-state index < -0.39 is 11.7 Å². The summed E-state index contributed by atoms with van der Waals surface area (Å²) in [5.74, 6) is -0.641. The lowest BCUT2D eigenvalue weighted by molar-refractivity contribution is -0.137. The highest BCUT2D eigenvalue weighted by atomic mass is 35.5. The van der Waals surface area contributed by atoms with Gasteiger partial charge in [0, 0.05) is 5.92 Å². The molecule has 0 heterocycles. The number of benzene rings is 1. The van der Waals surface area contributed by atoms with Gasteiger partial charge in [0.25, 0.3) is 0 Å². The highest BCUT2D eigenvalue weighted by Gasteiger charge is 2.31. The number of carbonyl (C=O) groups excluding carboxylic acids is 1. The predicted molar refractivity (Wildman–Crippen MR) is 75.7 cm³/mol. The third kappa shape index (κ3) is 4.64. The summed E-state index contributed by atoms with van der Waals surface area (Å²) in [4.78, 5) is 11.4. The maximum atomic E-state index is 12.6. The van der Waals surface area contributed by atoms with Crippen LogP contribution in [0.1, 0.15) is 19.4 Å². The fourth-order valence-corrected chi connectivity index (χ4v) is 1.58. The first-order valence-corrected chi connectivity index (χ1v) is 6.38. The smallest absolute Gasteiger partial charge is 0.331 e. The van der Waals surface area contributed by atoms with E-state index in [1.165, 1.54) is 0 Å². The second-order valence-electron chi connectivity index (χ2n) is 4.29. The molecule has 1 aromatic rings. The zero-order valence-electron chi connectivity index (χ0n) is 10.6. The van der Waals surface area contributed by atoms with E-state index in [4.69, 9.17) is 23.8 Å². The molecule has 0 bridgehead atoms. The molecule has 0 atom stereocenters. The standard InChI is InChI=1S/C12H12ClF3N2OS/c1-6(2)10(19)18-11(20)17-9-5-7(12(14,15)16)3-4-8(9)13/h3-6H,1-2H3,(H2,17,18,19,20). The Labute approximate surface area is 124 Å². The highest BCUT2D eigenvalue weighted by Crippen LogP contribution is 2.33. The van der Waals surface area contributed by atoms with Crippen LogP contribution < -0.4 is 10.6 Å². The molecule has 110 valence electrons. The summed E-state index contributed by atoms with van der Waals surface area (Å²) < 4.78 is 37.7. The minimum Gasteiger partial charge on any atom is -0.331 e. The van der Waals surface area contributed by atoms with Crippen molar-refractivity contribution in [2.75, 3.05) is 5.32 Å². The van der Waals surface area contributed by atoms with Crippen LogP contribution >= 0.6 is 23.8 Å². The van der Waals surface area contributed by atoms with Crippen molar-refractivity contribution in [2.24, 2.45) is 5.92 Å². The van der Waals surface area contributed by atoms with Gasteiger partial charge in [0.15, 0.2) is 5.11 Å². The topological polar surface area (TPSA) is 41.1 Å². The zero-order chi connectivity index (χ0) is 15.5. The first-order valence-electron chi connectivity index (χ1n) is 5.60. The Morgan fingerprint density at radius 1 is 1.35 bits per heavy atom. The number of carbonyl (C=O) groups is 1. The number of rotatable bonds is 2. The van der Waals surface area contributed by atoms with Gasteiger partial charge in [-0.25, -0.2) is 0 Å². The van der Waals surface area contributed by atoms with Gasteiger partial charge in [-0.05, 0) is 30.4 Å². The number of nitrogens with one attached hydrogen (secondary N) is 2. The van der Waals surface area contributed by atoms with E-state index in [2.05, 4.69) is 10.6 Å². The van der Waals surface area contributed by atoms with Crippen LogP contribution in [0.4, 0.5) is 18.9 Å². The van der Waals surface area contributed by atoms with Crippen LogP contribution in [0.15, 0.2) is 18.2 Å². The lowest BCUT2D eigenvalue weighted by atomic mass is 10.2. The zero-order valence-corrected chi connectivity index (χ0v) is 12.2. The van der Waals surface area contributed by atoms with Gasteiger partial charge in [-0.15, -0.1) is 0 Å². The Kier molecular flexibility index (Phi) is 5.35. The van der Waals surface area contributed by atoms with Crippen molar-refractivity contribution < 1.29 is 18.0 Å². The summed E-state index contributed by atoms with van der Waals surface area (Å²) in [5, 5.41) is 4.79. The van der Waals surface area contributed by atoms with Crippen LogP contribution in [-0.4, -0.2) is 11.0 Å². The number of thiocarbonyl (C=S) groups is 1. The van der Waals surface area contributed by atoms with Gasteiger partial charge in [-0.3, -0.25) is 4.79 Å². The Balaban J connectivity index is 2.87. The summed E-state index contributed by atoms with van der Waals surface area (Å²) in [5.41, 5.74) is -0.877. The molecule has 3 nitrogen and oxygen atoms in total. The summed E-state index contributed by atoms with van der Waals surface area (Å²) in [7, 11) is 0. The van der Waals surface area contributed by atoms with Crippen molar-refractivity contribution in [2.45, 2.75) is 20.0 Å². The van der Waals surface area contributed by atoms with Crippen LogP contribution in [0.2, 0.25) is 5.02 Å². The van der Waals surface area contributed by atoms with E-state index in [1.54, 1.807) is 13.8 Å². The van der Waals surface area contributed by atoms with E-state index in [-0.39, 0.29) is 27.6 Å². The minimum absolute atomic E-state index is 0.0180. The average Bonchev–Trinajstić information content (AvgIpc) is 2.30. The molecule has 0 unspecified atom stereocenters. The normalized spacial score (nSPS) is 11.3. The molecule has 8 heteroatoms. The molecule has 0 aromatic heterocycles. The molecular formula is C12H12ClF3N2OS. The summed E-state index contributed by atoms with van der Waals surface area (Å²) in [6.07, 6.45) is -4.48. The number of hydrogen-bond acceptors (Lipinski definition) is 2. The molecule has 0 saturated heterocycles. The molecule has 20 heavy (non-hydrogen) atoms. The predicted octanol–water partition coefficient (Wildman–Crippen LogP) is 3.83. The third-order valence-electron chi connectivity index (χ3n) is 2.30. The van der Waals surface area contributed by atoms with Gasteiger partial charge in [-0.1, -0.05) is 25.4 Å². The van der Waals surface area contributed by atoms with Gasteiger partial charge in [0.2, 0.25) is 5.91 Å². The van der Waals surface area contributed by atoms with E-state index in [0.29, 0.717) is 0 Å². The fourth-order valence-electron chi connectivity index (χ4n) is 1.21. The van der Waals surface area contributed by atoms with E-state index in [0.717, 1.165) is 18.2 Å². The quantitative estimate of drug-likeness (QED) is 0.812. The van der Waals surface area contributed by atoms with Crippen molar-refractivity contribution >= 4 is 40.5 Å². The van der Waals surface area contributed by atoms with E-state index in [9.17, 15) is 18.0 Å². The van der Waals surface area contributed by atoms with Gasteiger partial charge < -0.3 is 10.6 Å². The molecule has 0 fully saturated rings. The van der Waals surface area contributed by atoms with E-state index >= 15 is 0 Å². The first-order chi connectivity index (χ1) is 9.11. The number of halogens is 4. The Morgan fingerprint density at radius 2 is 1.95 bits per heavy atom. The van der Waals surface area contributed by atoms with Crippen LogP contribution in [0, 0.1) is 5.92 Å². The third-order valence-corrected chi connectivity index (χ3v) is 2.84. The summed E-state index contributed by atoms with van der Waals surface area (Å²) in [6.45, 7) is 3.32. The molecular weight excluding hydrogens is 313 g/mol. The van der Waals surface area contributed by atoms with Crippen molar-refractivity contribution in [3.63, 3.8) is 0 Å². The minimum atomic E-state index is -4.48. The summed E-state index contributed by atoms with van der Waals surface area (Å²) >= 11 is 10.6. The molecule has 0 aliphatic carbocycles. The van der Waals surface area contributed by atoms with Gasteiger partial charge >= 0.3 is 6.18 Å². The van der Waals surface area contributed by atoms with Crippen LogP contribution in [0.25, 0.3) is 0 Å². The Hall–Kier alpha value is -1.34. The maximum absolute atomic E-state index is 12.6. The van der Waals surface area contributed by atoms with Gasteiger partial charge in [0.1, 0.15) is 0 Å². The van der Waals surface area contributed by atoms with Crippen LogP contribution in [-0.2, 0) is 11.0 Å². The maximum Gasteiger partial charge on any atom is 0.416 e. The molecule has 0 radical (unpaired) electrons. The first kappa shape index (κ1) is 16.7. The molecule has 0 spiro atoms. The average molecular weight is 325 g/mol. The van der Waals surface area contributed by atoms with Crippen LogP contribution in [0.5, 0.6) is 0 Å². The van der Waals surface area contributed by atoms with Crippen LogP contribution in [0.3, 0.4) is 0 Å². The van der Waals surface area contributed by atoms with Gasteiger partial charge in [0.05, 0.1) is 16.3 Å². The van der Waals surface area contributed by atoms with Gasteiger partial charge in [-0.2, -0.15) is 13.2 Å². The number of anilines is 1. The molecule has 0 aliphatic rings. The molecule has 2 N–H and O–H groups in total. The second kappa shape index (κ2) is 6.41. The monoisotopic (exact) mass is 324 g/mol. The SMILES string of the molecule is CC(C)C(=O)NC(=S)Nc1cc(C(F)(F)F)ccc1Cl. The van der Waals surface area contributed by atoms with Crippen molar-refractivity contribution in [3.8, 4) is 0 Å². The van der Waals surface area contributed by atoms with Crippen molar-refractivity contribution in [1.82, 2.24) is 5.32 Å². The second-order valence-corrected chi connectivity index (χ2v) is 5.11. The van der Waals surface area contributed by atoms with E-state index in [1.807, 2.05) is 0 Å². The Bertz CT molecular complexity index is 532. The van der Waals surface area contributed by atoms with Crippen molar-refractivity contribution in [3.05, 3.63) is 28.8 Å². The highest BCUT2D eigenvalue weighted by molar-refractivity contribution is 7.80. The van der Waals surface area contributed by atoms with Crippen molar-refractivity contribution in [1.29, 1.82) is 0 Å². The lowest BCUT2D eigenvalue weighted by Gasteiger charge is -2.14.